The fourth-order valence-electron chi connectivity index (χ4n) is 1.56. The van der Waals surface area contributed by atoms with Crippen molar-refractivity contribution >= 4 is 5.69 Å². The molecule has 0 aliphatic rings. The minimum Gasteiger partial charge on any atom is -0.327 e. The van der Waals surface area contributed by atoms with Crippen LogP contribution in [0.5, 0.6) is 0 Å². The first-order chi connectivity index (χ1) is 7.71. The second-order valence-electron chi connectivity index (χ2n) is 5.57. The fraction of sp³-hybridized carbons (Fsp3) is 0.538. The van der Waals surface area contributed by atoms with Crippen LogP contribution in [-0.4, -0.2) is 11.0 Å². The Balaban J connectivity index is 3.03. The average Bonchev–Trinajstić information content (AvgIpc) is 2.18. The highest BCUT2D eigenvalue weighted by molar-refractivity contribution is 5.43. The van der Waals surface area contributed by atoms with Crippen LogP contribution in [0.4, 0.5) is 5.69 Å². The Hall–Kier alpha value is -1.42. The number of aryl methyl sites for hydroxylation is 1. The van der Waals surface area contributed by atoms with Gasteiger partial charge in [-0.1, -0.05) is 32.9 Å². The van der Waals surface area contributed by atoms with Crippen LogP contribution in [-0.2, 0) is 6.42 Å². The zero-order valence-electron chi connectivity index (χ0n) is 10.9. The highest BCUT2D eigenvalue weighted by Crippen LogP contribution is 2.26. The van der Waals surface area contributed by atoms with Crippen LogP contribution in [0.15, 0.2) is 18.2 Å². The van der Waals surface area contributed by atoms with Crippen molar-refractivity contribution in [3.8, 4) is 0 Å². The van der Waals surface area contributed by atoms with Crippen molar-refractivity contribution in [2.45, 2.75) is 40.2 Å². The molecule has 0 bridgehead atoms. The van der Waals surface area contributed by atoms with Crippen LogP contribution in [0.3, 0.4) is 0 Å². The van der Waals surface area contributed by atoms with Crippen molar-refractivity contribution < 1.29 is 4.92 Å². The summed E-state index contributed by atoms with van der Waals surface area (Å²) in [4.78, 5) is 10.6. The molecule has 0 amide bonds. The van der Waals surface area contributed by atoms with E-state index in [1.165, 1.54) is 0 Å². The molecule has 1 atom stereocenters. The third-order valence-corrected chi connectivity index (χ3v) is 2.99. The molecule has 0 radical (unpaired) electrons. The first-order valence-corrected chi connectivity index (χ1v) is 5.71. The van der Waals surface area contributed by atoms with E-state index in [1.807, 2.05) is 33.8 Å². The minimum absolute atomic E-state index is 0.0568. The van der Waals surface area contributed by atoms with Gasteiger partial charge in [-0.25, -0.2) is 0 Å². The predicted octanol–water partition coefficient (Wildman–Crippen LogP) is 2.82. The summed E-state index contributed by atoms with van der Waals surface area (Å²) in [6.07, 6.45) is 0.528. The molecule has 4 heteroatoms. The number of hydrogen-bond acceptors (Lipinski definition) is 3. The van der Waals surface area contributed by atoms with Gasteiger partial charge in [-0.2, -0.15) is 0 Å². The van der Waals surface area contributed by atoms with E-state index in [0.29, 0.717) is 12.0 Å². The van der Waals surface area contributed by atoms with E-state index < -0.39 is 0 Å². The Bertz CT molecular complexity index is 422. The molecular weight excluding hydrogens is 216 g/mol. The standard InChI is InChI=1S/C13H20N2O2/c1-9-5-6-10(11(7-9)15(16)17)8-12(14)13(2,3)4/h5-7,12H,8,14H2,1-4H3. The van der Waals surface area contributed by atoms with Gasteiger partial charge in [-0.05, 0) is 24.3 Å². The molecule has 2 N–H and O–H groups in total. The van der Waals surface area contributed by atoms with E-state index in [9.17, 15) is 10.1 Å². The minimum atomic E-state index is -0.336. The van der Waals surface area contributed by atoms with Crippen molar-refractivity contribution in [1.29, 1.82) is 0 Å². The normalized spacial score (nSPS) is 13.5. The molecule has 0 fully saturated rings. The highest BCUT2D eigenvalue weighted by Gasteiger charge is 2.24. The smallest absolute Gasteiger partial charge is 0.272 e. The maximum Gasteiger partial charge on any atom is 0.272 e. The first-order valence-electron chi connectivity index (χ1n) is 5.71. The van der Waals surface area contributed by atoms with Crippen molar-refractivity contribution in [2.24, 2.45) is 11.1 Å². The van der Waals surface area contributed by atoms with Gasteiger partial charge in [-0.3, -0.25) is 10.1 Å². The number of nitro benzene ring substituents is 1. The van der Waals surface area contributed by atoms with Crippen molar-refractivity contribution in [2.75, 3.05) is 0 Å². The number of nitrogens with zero attached hydrogens (tertiary/aromatic N) is 1. The summed E-state index contributed by atoms with van der Waals surface area (Å²) in [6, 6.07) is 5.20. The zero-order chi connectivity index (χ0) is 13.2. The van der Waals surface area contributed by atoms with Gasteiger partial charge in [0.1, 0.15) is 0 Å². The molecule has 1 aromatic carbocycles. The lowest BCUT2D eigenvalue weighted by Gasteiger charge is -2.27. The lowest BCUT2D eigenvalue weighted by atomic mass is 9.83. The Morgan fingerprint density at radius 1 is 1.41 bits per heavy atom. The molecule has 0 aliphatic carbocycles. The van der Waals surface area contributed by atoms with Gasteiger partial charge in [0, 0.05) is 17.7 Å². The summed E-state index contributed by atoms with van der Waals surface area (Å²) in [6.45, 7) is 7.97. The van der Waals surface area contributed by atoms with E-state index in [1.54, 1.807) is 12.1 Å². The van der Waals surface area contributed by atoms with Gasteiger partial charge in [-0.15, -0.1) is 0 Å². The third kappa shape index (κ3) is 3.53. The SMILES string of the molecule is Cc1ccc(CC(N)C(C)(C)C)c([N+](=O)[O-])c1. The number of rotatable bonds is 3. The molecular formula is C13H20N2O2. The summed E-state index contributed by atoms with van der Waals surface area (Å²) in [5.74, 6) is 0. The van der Waals surface area contributed by atoms with Gasteiger partial charge in [0.15, 0.2) is 0 Å². The molecule has 0 spiro atoms. The molecule has 94 valence electrons. The monoisotopic (exact) mass is 236 g/mol. The van der Waals surface area contributed by atoms with Gasteiger partial charge in [0.05, 0.1) is 4.92 Å². The number of benzene rings is 1. The summed E-state index contributed by atoms with van der Waals surface area (Å²) >= 11 is 0. The molecule has 0 aromatic heterocycles. The maximum absolute atomic E-state index is 11.0. The Morgan fingerprint density at radius 3 is 2.47 bits per heavy atom. The second kappa shape index (κ2) is 4.84. The predicted molar refractivity (Wildman–Crippen MR) is 69.0 cm³/mol. The van der Waals surface area contributed by atoms with E-state index in [-0.39, 0.29) is 22.1 Å². The molecule has 17 heavy (non-hydrogen) atoms. The van der Waals surface area contributed by atoms with Gasteiger partial charge in [0.2, 0.25) is 0 Å². The molecule has 1 rings (SSSR count). The maximum atomic E-state index is 11.0. The van der Waals surface area contributed by atoms with E-state index in [2.05, 4.69) is 0 Å². The van der Waals surface area contributed by atoms with Gasteiger partial charge < -0.3 is 5.73 Å². The van der Waals surface area contributed by atoms with E-state index in [0.717, 1.165) is 5.56 Å². The van der Waals surface area contributed by atoms with Crippen LogP contribution < -0.4 is 5.73 Å². The van der Waals surface area contributed by atoms with Crippen molar-refractivity contribution in [1.82, 2.24) is 0 Å². The van der Waals surface area contributed by atoms with E-state index in [4.69, 9.17) is 5.73 Å². The van der Waals surface area contributed by atoms with Crippen molar-refractivity contribution in [3.05, 3.63) is 39.4 Å². The molecule has 0 saturated carbocycles. The molecule has 1 unspecified atom stereocenters. The number of hydrogen-bond donors (Lipinski definition) is 1. The Morgan fingerprint density at radius 2 is 2.00 bits per heavy atom. The molecule has 1 aromatic rings. The Kier molecular flexibility index (Phi) is 3.88. The summed E-state index contributed by atoms with van der Waals surface area (Å²) in [5.41, 5.74) is 7.79. The molecule has 0 aliphatic heterocycles. The lowest BCUT2D eigenvalue weighted by Crippen LogP contribution is -2.37. The van der Waals surface area contributed by atoms with Crippen LogP contribution >= 0.6 is 0 Å². The van der Waals surface area contributed by atoms with E-state index >= 15 is 0 Å². The number of nitro groups is 1. The largest absolute Gasteiger partial charge is 0.327 e. The van der Waals surface area contributed by atoms with Crippen LogP contribution in [0.1, 0.15) is 31.9 Å². The third-order valence-electron chi connectivity index (χ3n) is 2.99. The van der Waals surface area contributed by atoms with Gasteiger partial charge >= 0.3 is 0 Å². The Labute approximate surface area is 102 Å². The molecule has 4 nitrogen and oxygen atoms in total. The number of nitrogens with two attached hydrogens (primary N) is 1. The summed E-state index contributed by atoms with van der Waals surface area (Å²) in [7, 11) is 0. The summed E-state index contributed by atoms with van der Waals surface area (Å²) in [5, 5.41) is 11.0. The topological polar surface area (TPSA) is 69.2 Å². The fourth-order valence-corrected chi connectivity index (χ4v) is 1.56. The average molecular weight is 236 g/mol. The lowest BCUT2D eigenvalue weighted by molar-refractivity contribution is -0.385. The second-order valence-corrected chi connectivity index (χ2v) is 5.57. The molecule has 0 saturated heterocycles. The van der Waals surface area contributed by atoms with Crippen LogP contribution in [0, 0.1) is 22.5 Å². The van der Waals surface area contributed by atoms with Crippen LogP contribution in [0.2, 0.25) is 0 Å². The summed E-state index contributed by atoms with van der Waals surface area (Å²) < 4.78 is 0. The molecule has 0 heterocycles. The quantitative estimate of drug-likeness (QED) is 0.648. The first kappa shape index (κ1) is 13.6. The zero-order valence-corrected chi connectivity index (χ0v) is 10.9. The van der Waals surface area contributed by atoms with Crippen LogP contribution in [0.25, 0.3) is 0 Å². The highest BCUT2D eigenvalue weighted by atomic mass is 16.6. The van der Waals surface area contributed by atoms with Gasteiger partial charge in [0.25, 0.3) is 5.69 Å². The van der Waals surface area contributed by atoms with Crippen molar-refractivity contribution in [3.63, 3.8) is 0 Å².